The Morgan fingerprint density at radius 2 is 2.15 bits per heavy atom. The number of anilines is 2. The Labute approximate surface area is 122 Å². The van der Waals surface area contributed by atoms with E-state index in [2.05, 4.69) is 19.9 Å². The standard InChI is InChI=1S/C13H21N5OS/c14-11-10(12(19)16-9-3-4-9)13(20-17-11)15-5-8-18-6-1-2-7-18/h9,15H,1-8H2,(H2,14,17)(H,16,19). The molecule has 1 amide bonds. The van der Waals surface area contributed by atoms with Gasteiger partial charge >= 0.3 is 0 Å². The fourth-order valence-corrected chi connectivity index (χ4v) is 3.20. The number of amides is 1. The maximum absolute atomic E-state index is 12.1. The third kappa shape index (κ3) is 3.21. The molecule has 0 unspecified atom stereocenters. The summed E-state index contributed by atoms with van der Waals surface area (Å²) < 4.78 is 4.10. The predicted molar refractivity (Wildman–Crippen MR) is 81.2 cm³/mol. The van der Waals surface area contributed by atoms with E-state index >= 15 is 0 Å². The molecule has 1 aromatic rings. The summed E-state index contributed by atoms with van der Waals surface area (Å²) in [6.07, 6.45) is 4.73. The maximum atomic E-state index is 12.1. The van der Waals surface area contributed by atoms with E-state index < -0.39 is 0 Å². The van der Waals surface area contributed by atoms with Gasteiger partial charge in [-0.15, -0.1) is 0 Å². The second-order valence-electron chi connectivity index (χ2n) is 5.50. The molecule has 0 bridgehead atoms. The van der Waals surface area contributed by atoms with Gasteiger partial charge in [-0.1, -0.05) is 0 Å². The summed E-state index contributed by atoms with van der Waals surface area (Å²) in [6.45, 7) is 4.19. The quantitative estimate of drug-likeness (QED) is 0.732. The molecule has 1 aromatic heterocycles. The summed E-state index contributed by atoms with van der Waals surface area (Å²) in [5.74, 6) is 0.235. The van der Waals surface area contributed by atoms with E-state index in [-0.39, 0.29) is 5.91 Å². The Bertz CT molecular complexity index is 479. The third-order valence-electron chi connectivity index (χ3n) is 3.77. The minimum absolute atomic E-state index is 0.0950. The van der Waals surface area contributed by atoms with E-state index in [0.717, 1.165) is 30.9 Å². The van der Waals surface area contributed by atoms with Crippen LogP contribution in [0, 0.1) is 0 Å². The van der Waals surface area contributed by atoms with Crippen molar-refractivity contribution in [2.45, 2.75) is 31.7 Å². The molecule has 110 valence electrons. The van der Waals surface area contributed by atoms with Gasteiger partial charge in [0.2, 0.25) is 0 Å². The van der Waals surface area contributed by atoms with Crippen LogP contribution in [0.3, 0.4) is 0 Å². The number of carbonyl (C=O) groups excluding carboxylic acids is 1. The molecule has 0 atom stereocenters. The van der Waals surface area contributed by atoms with Gasteiger partial charge in [-0.05, 0) is 50.3 Å². The van der Waals surface area contributed by atoms with Crippen molar-refractivity contribution < 1.29 is 4.79 Å². The van der Waals surface area contributed by atoms with E-state index in [1.54, 1.807) is 0 Å². The lowest BCUT2D eigenvalue weighted by Crippen LogP contribution is -2.28. The van der Waals surface area contributed by atoms with Crippen molar-refractivity contribution in [2.75, 3.05) is 37.2 Å². The van der Waals surface area contributed by atoms with Crippen LogP contribution < -0.4 is 16.4 Å². The molecule has 0 aromatic carbocycles. The van der Waals surface area contributed by atoms with Crippen molar-refractivity contribution >= 4 is 28.3 Å². The largest absolute Gasteiger partial charge is 0.382 e. The number of hydrogen-bond donors (Lipinski definition) is 3. The van der Waals surface area contributed by atoms with E-state index in [1.165, 1.54) is 37.5 Å². The van der Waals surface area contributed by atoms with E-state index in [1.807, 2.05) is 0 Å². The second-order valence-corrected chi connectivity index (χ2v) is 6.27. The molecule has 0 spiro atoms. The van der Waals surface area contributed by atoms with E-state index in [4.69, 9.17) is 5.73 Å². The van der Waals surface area contributed by atoms with Crippen LogP contribution in [-0.4, -0.2) is 47.4 Å². The molecule has 1 saturated heterocycles. The number of nitrogens with one attached hydrogen (secondary N) is 2. The van der Waals surface area contributed by atoms with Crippen molar-refractivity contribution in [3.8, 4) is 0 Å². The van der Waals surface area contributed by atoms with Crippen LogP contribution in [-0.2, 0) is 0 Å². The zero-order valence-corrected chi connectivity index (χ0v) is 12.3. The minimum Gasteiger partial charge on any atom is -0.382 e. The number of hydrogen-bond acceptors (Lipinski definition) is 6. The molecule has 2 heterocycles. The predicted octanol–water partition coefficient (Wildman–Crippen LogP) is 1.13. The molecule has 7 heteroatoms. The SMILES string of the molecule is Nc1nsc(NCCN2CCCC2)c1C(=O)NC1CC1. The summed E-state index contributed by atoms with van der Waals surface area (Å²) in [4.78, 5) is 14.6. The molecule has 4 N–H and O–H groups in total. The minimum atomic E-state index is -0.0950. The summed E-state index contributed by atoms with van der Waals surface area (Å²) in [5.41, 5.74) is 6.34. The molecule has 1 saturated carbocycles. The number of nitrogens with zero attached hydrogens (tertiary/aromatic N) is 2. The fraction of sp³-hybridized carbons (Fsp3) is 0.692. The molecule has 20 heavy (non-hydrogen) atoms. The van der Waals surface area contributed by atoms with Gasteiger partial charge in [-0.2, -0.15) is 4.37 Å². The number of nitrogens with two attached hydrogens (primary N) is 1. The molecule has 1 aliphatic heterocycles. The van der Waals surface area contributed by atoms with Crippen LogP contribution in [0.25, 0.3) is 0 Å². The lowest BCUT2D eigenvalue weighted by atomic mass is 10.3. The highest BCUT2D eigenvalue weighted by Crippen LogP contribution is 2.28. The monoisotopic (exact) mass is 295 g/mol. The van der Waals surface area contributed by atoms with Gasteiger partial charge in [-0.25, -0.2) is 0 Å². The van der Waals surface area contributed by atoms with Gasteiger partial charge in [0.05, 0.1) is 0 Å². The van der Waals surface area contributed by atoms with E-state index in [0.29, 0.717) is 17.4 Å². The average Bonchev–Trinajstić information content (AvgIpc) is 2.95. The highest BCUT2D eigenvalue weighted by Gasteiger charge is 2.27. The van der Waals surface area contributed by atoms with Crippen molar-refractivity contribution in [1.82, 2.24) is 14.6 Å². The average molecular weight is 295 g/mol. The first-order valence-electron chi connectivity index (χ1n) is 7.26. The Hall–Kier alpha value is -1.34. The lowest BCUT2D eigenvalue weighted by molar-refractivity contribution is 0.0953. The normalized spacial score (nSPS) is 19.2. The Balaban J connectivity index is 1.56. The van der Waals surface area contributed by atoms with Crippen LogP contribution in [0.4, 0.5) is 10.8 Å². The van der Waals surface area contributed by atoms with Crippen LogP contribution in [0.2, 0.25) is 0 Å². The number of aromatic nitrogens is 1. The molecule has 2 aliphatic rings. The van der Waals surface area contributed by atoms with Crippen molar-refractivity contribution in [1.29, 1.82) is 0 Å². The number of carbonyl (C=O) groups is 1. The molecule has 1 aliphatic carbocycles. The Kier molecular flexibility index (Phi) is 4.07. The van der Waals surface area contributed by atoms with Gasteiger partial charge in [0, 0.05) is 19.1 Å². The summed E-state index contributed by atoms with van der Waals surface area (Å²) >= 11 is 1.27. The van der Waals surface area contributed by atoms with Crippen LogP contribution in [0.15, 0.2) is 0 Å². The zero-order chi connectivity index (χ0) is 13.9. The molecule has 6 nitrogen and oxygen atoms in total. The number of likely N-dealkylation sites (tertiary alicyclic amines) is 1. The van der Waals surface area contributed by atoms with Crippen molar-refractivity contribution in [3.63, 3.8) is 0 Å². The summed E-state index contributed by atoms with van der Waals surface area (Å²) in [6, 6.07) is 0.333. The van der Waals surface area contributed by atoms with Crippen molar-refractivity contribution in [2.24, 2.45) is 0 Å². The zero-order valence-electron chi connectivity index (χ0n) is 11.5. The van der Waals surface area contributed by atoms with Crippen molar-refractivity contribution in [3.05, 3.63) is 5.56 Å². The molecule has 0 radical (unpaired) electrons. The van der Waals surface area contributed by atoms with Crippen LogP contribution in [0.5, 0.6) is 0 Å². The first-order valence-corrected chi connectivity index (χ1v) is 8.03. The first-order chi connectivity index (χ1) is 9.74. The van der Waals surface area contributed by atoms with E-state index in [9.17, 15) is 4.79 Å². The van der Waals surface area contributed by atoms with Gasteiger partial charge in [-0.3, -0.25) is 4.79 Å². The topological polar surface area (TPSA) is 83.3 Å². The smallest absolute Gasteiger partial charge is 0.258 e. The molecule has 2 fully saturated rings. The first kappa shape index (κ1) is 13.6. The molecular formula is C13H21N5OS. The Morgan fingerprint density at radius 1 is 1.40 bits per heavy atom. The molecule has 3 rings (SSSR count). The Morgan fingerprint density at radius 3 is 2.85 bits per heavy atom. The number of nitrogen functional groups attached to an aromatic ring is 1. The second kappa shape index (κ2) is 5.97. The van der Waals surface area contributed by atoms with Crippen LogP contribution in [0.1, 0.15) is 36.0 Å². The van der Waals surface area contributed by atoms with Gasteiger partial charge in [0.15, 0.2) is 5.82 Å². The highest BCUT2D eigenvalue weighted by molar-refractivity contribution is 7.11. The maximum Gasteiger partial charge on any atom is 0.258 e. The number of rotatable bonds is 6. The lowest BCUT2D eigenvalue weighted by Gasteiger charge is -2.15. The third-order valence-corrected chi connectivity index (χ3v) is 4.59. The summed E-state index contributed by atoms with van der Waals surface area (Å²) in [7, 11) is 0. The van der Waals surface area contributed by atoms with Gasteiger partial charge in [0.25, 0.3) is 5.91 Å². The molecular weight excluding hydrogens is 274 g/mol. The van der Waals surface area contributed by atoms with Crippen LogP contribution >= 0.6 is 11.5 Å². The van der Waals surface area contributed by atoms with Gasteiger partial charge in [0.1, 0.15) is 10.6 Å². The van der Waals surface area contributed by atoms with Gasteiger partial charge < -0.3 is 21.3 Å². The fourth-order valence-electron chi connectivity index (χ4n) is 2.46. The summed E-state index contributed by atoms with van der Waals surface area (Å²) in [5, 5.41) is 7.07. The highest BCUT2D eigenvalue weighted by atomic mass is 32.1.